The van der Waals surface area contributed by atoms with E-state index in [4.69, 9.17) is 33.4 Å². The molecule has 1 atom stereocenters. The molecular formula is C25H66N8OS10. The van der Waals surface area contributed by atoms with Gasteiger partial charge in [-0.1, -0.05) is 115 Å². The lowest BCUT2D eigenvalue weighted by atomic mass is 10.4. The van der Waals surface area contributed by atoms with Gasteiger partial charge in [-0.25, -0.2) is 0 Å². The molecule has 44 heavy (non-hydrogen) atoms. The van der Waals surface area contributed by atoms with Crippen LogP contribution in [0.5, 0.6) is 0 Å². The number of hydrogen-bond acceptors (Lipinski definition) is 19. The molecule has 0 radical (unpaired) electrons. The van der Waals surface area contributed by atoms with E-state index in [0.29, 0.717) is 6.04 Å². The Morgan fingerprint density at radius 1 is 0.568 bits per heavy atom. The third kappa shape index (κ3) is 54.6. The number of likely N-dealkylation sites (N-methyl/N-ethyl adjacent to an activating group) is 1. The van der Waals surface area contributed by atoms with Crippen LogP contribution in [0.2, 0.25) is 0 Å². The van der Waals surface area contributed by atoms with Gasteiger partial charge in [0.1, 0.15) is 0 Å². The van der Waals surface area contributed by atoms with Gasteiger partial charge in [0.25, 0.3) is 0 Å². The Bertz CT molecular complexity index is 459. The fourth-order valence-corrected chi connectivity index (χ4v) is 11.7. The fraction of sp³-hybridized carbons (Fsp3) is 1.00. The number of hydrogen-bond donors (Lipinski definition) is 7. The standard InChI is InChI=1S/C10H25N3OS4.C9H23N3S4.C5H14N2S2.CH4/c1-13-10(9-18-16-6-3-12)8-14-4-7-17-15-5-2-11;1-12(4-8-15-13-6-2-10)5-9-16-14-7-3-11;1-7-3-5-9-8-4-2-6;/h10,13H,2-9,11-12H2,1H3;2-11H2,1H3;7H,2-6H2,1H3;1H4. The minimum atomic E-state index is 0. The van der Waals surface area contributed by atoms with Crippen LogP contribution in [0.3, 0.4) is 0 Å². The maximum Gasteiger partial charge on any atom is 0.0628 e. The molecule has 272 valence electrons. The highest BCUT2D eigenvalue weighted by atomic mass is 33.1. The van der Waals surface area contributed by atoms with E-state index in [1.807, 2.05) is 122 Å². The second-order valence-corrected chi connectivity index (χ2v) is 21.5. The van der Waals surface area contributed by atoms with E-state index in [0.717, 1.165) is 106 Å². The second kappa shape index (κ2) is 52.9. The largest absolute Gasteiger partial charge is 0.379 e. The SMILES string of the molecule is C.CN(CCSSCCN)CCSSCCN.CNC(COCCSSCCN)CSSCCN.CNCCSSCCN. The summed E-state index contributed by atoms with van der Waals surface area (Å²) in [5.74, 6) is 10.8. The summed E-state index contributed by atoms with van der Waals surface area (Å²) in [7, 11) is 24.8. The molecule has 1 unspecified atom stereocenters. The van der Waals surface area contributed by atoms with Crippen LogP contribution in [-0.2, 0) is 4.74 Å². The van der Waals surface area contributed by atoms with Crippen molar-refractivity contribution in [3.05, 3.63) is 0 Å². The van der Waals surface area contributed by atoms with Crippen molar-refractivity contribution in [1.29, 1.82) is 0 Å². The number of nitrogens with two attached hydrogens (primary N) is 5. The van der Waals surface area contributed by atoms with Gasteiger partial charge in [-0.05, 0) is 21.1 Å². The van der Waals surface area contributed by atoms with E-state index in [2.05, 4.69) is 22.6 Å². The van der Waals surface area contributed by atoms with E-state index < -0.39 is 0 Å². The molecule has 0 aromatic rings. The van der Waals surface area contributed by atoms with Gasteiger partial charge in [0.2, 0.25) is 0 Å². The minimum absolute atomic E-state index is 0. The van der Waals surface area contributed by atoms with Crippen molar-refractivity contribution in [2.45, 2.75) is 13.5 Å². The number of nitrogens with zero attached hydrogens (tertiary/aromatic N) is 1. The predicted octanol–water partition coefficient (Wildman–Crippen LogP) is 4.05. The minimum Gasteiger partial charge on any atom is -0.379 e. The van der Waals surface area contributed by atoms with Gasteiger partial charge in [0.05, 0.1) is 13.2 Å². The molecule has 0 aliphatic heterocycles. The maximum atomic E-state index is 5.65. The molecule has 0 aliphatic carbocycles. The lowest BCUT2D eigenvalue weighted by Gasteiger charge is -2.15. The zero-order valence-corrected chi connectivity index (χ0v) is 34.7. The van der Waals surface area contributed by atoms with Crippen LogP contribution in [-0.4, -0.2) is 155 Å². The molecule has 0 rings (SSSR count). The van der Waals surface area contributed by atoms with Gasteiger partial charge < -0.3 is 48.9 Å². The topological polar surface area (TPSA) is 167 Å². The highest BCUT2D eigenvalue weighted by Gasteiger charge is 2.06. The summed E-state index contributed by atoms with van der Waals surface area (Å²) in [6.45, 7) is 8.82. The van der Waals surface area contributed by atoms with Crippen LogP contribution in [0.1, 0.15) is 7.43 Å². The van der Waals surface area contributed by atoms with Gasteiger partial charge in [-0.15, -0.1) is 0 Å². The summed E-state index contributed by atoms with van der Waals surface area (Å²) in [6, 6.07) is 0.418. The van der Waals surface area contributed by atoms with Crippen LogP contribution in [0, 0.1) is 0 Å². The van der Waals surface area contributed by atoms with E-state index in [9.17, 15) is 0 Å². The first-order chi connectivity index (χ1) is 21.1. The molecule has 0 saturated heterocycles. The van der Waals surface area contributed by atoms with Crippen LogP contribution in [0.25, 0.3) is 0 Å². The Hall–Kier alpha value is 3.14. The molecule has 0 spiro atoms. The molecule has 12 N–H and O–H groups in total. The van der Waals surface area contributed by atoms with Crippen LogP contribution in [0.15, 0.2) is 0 Å². The van der Waals surface area contributed by atoms with Crippen LogP contribution < -0.4 is 39.3 Å². The highest BCUT2D eigenvalue weighted by Crippen LogP contribution is 2.23. The highest BCUT2D eigenvalue weighted by molar-refractivity contribution is 8.77. The summed E-state index contributed by atoms with van der Waals surface area (Å²) < 4.78 is 5.65. The quantitative estimate of drug-likeness (QED) is 0.0384. The summed E-state index contributed by atoms with van der Waals surface area (Å²) in [6.07, 6.45) is 0. The van der Waals surface area contributed by atoms with Crippen molar-refractivity contribution in [2.75, 3.05) is 144 Å². The lowest BCUT2D eigenvalue weighted by molar-refractivity contribution is 0.133. The van der Waals surface area contributed by atoms with Gasteiger partial charge in [-0.2, -0.15) is 0 Å². The Morgan fingerprint density at radius 2 is 0.955 bits per heavy atom. The predicted molar refractivity (Wildman–Crippen MR) is 232 cm³/mol. The number of rotatable bonds is 32. The Morgan fingerprint density at radius 3 is 1.36 bits per heavy atom. The average molecular weight is 816 g/mol. The zero-order chi connectivity index (χ0) is 32.5. The fourth-order valence-electron chi connectivity index (χ4n) is 2.08. The molecule has 0 aliphatic rings. The van der Waals surface area contributed by atoms with Crippen molar-refractivity contribution in [2.24, 2.45) is 28.7 Å². The van der Waals surface area contributed by atoms with Gasteiger partial charge >= 0.3 is 0 Å². The molecule has 0 bridgehead atoms. The normalized spacial score (nSPS) is 11.4. The van der Waals surface area contributed by atoms with Gasteiger partial charge in [-0.3, -0.25) is 0 Å². The van der Waals surface area contributed by atoms with E-state index >= 15 is 0 Å². The summed E-state index contributed by atoms with van der Waals surface area (Å²) >= 11 is 0. The smallest absolute Gasteiger partial charge is 0.0628 e. The van der Waals surface area contributed by atoms with Crippen molar-refractivity contribution in [1.82, 2.24) is 15.5 Å². The first-order valence-corrected chi connectivity index (χ1v) is 26.8. The molecule has 0 saturated carbocycles. The monoisotopic (exact) mass is 814 g/mol. The Labute approximate surface area is 311 Å². The third-order valence-electron chi connectivity index (χ3n) is 4.28. The van der Waals surface area contributed by atoms with E-state index in [-0.39, 0.29) is 7.43 Å². The number of nitrogens with one attached hydrogen (secondary N) is 2. The van der Waals surface area contributed by atoms with Crippen LogP contribution in [0.4, 0.5) is 0 Å². The lowest BCUT2D eigenvalue weighted by Crippen LogP contribution is -2.32. The molecule has 0 aromatic heterocycles. The van der Waals surface area contributed by atoms with E-state index in [1.54, 1.807) is 0 Å². The molecular weight excluding hydrogens is 749 g/mol. The first kappa shape index (κ1) is 53.9. The zero-order valence-electron chi connectivity index (χ0n) is 26.5. The van der Waals surface area contributed by atoms with Crippen molar-refractivity contribution >= 4 is 108 Å². The Kier molecular flexibility index (Phi) is 64.9. The van der Waals surface area contributed by atoms with Gasteiger partial charge in [0, 0.05) is 116 Å². The average Bonchev–Trinajstić information content (AvgIpc) is 3.02. The Balaban J connectivity index is -0.000000284. The van der Waals surface area contributed by atoms with Crippen molar-refractivity contribution < 1.29 is 4.74 Å². The second-order valence-electron chi connectivity index (χ2n) is 8.09. The summed E-state index contributed by atoms with van der Waals surface area (Å²) in [4.78, 5) is 2.38. The van der Waals surface area contributed by atoms with Crippen LogP contribution >= 0.6 is 108 Å². The van der Waals surface area contributed by atoms with Gasteiger partial charge in [0.15, 0.2) is 0 Å². The molecule has 9 nitrogen and oxygen atoms in total. The molecule has 0 amide bonds. The third-order valence-corrected chi connectivity index (χ3v) is 16.5. The molecule has 0 fully saturated rings. The molecule has 0 aromatic carbocycles. The van der Waals surface area contributed by atoms with Crippen molar-refractivity contribution in [3.63, 3.8) is 0 Å². The summed E-state index contributed by atoms with van der Waals surface area (Å²) in [5.41, 5.74) is 27.0. The summed E-state index contributed by atoms with van der Waals surface area (Å²) in [5, 5.41) is 6.35. The maximum absolute atomic E-state index is 5.65. The molecule has 0 heterocycles. The van der Waals surface area contributed by atoms with Crippen molar-refractivity contribution in [3.8, 4) is 0 Å². The first-order valence-electron chi connectivity index (χ1n) is 14.4. The molecule has 19 heteroatoms. The number of ether oxygens (including phenoxy) is 1. The van der Waals surface area contributed by atoms with E-state index in [1.165, 1.54) is 17.3 Å².